The first-order chi connectivity index (χ1) is 10.6. The molecule has 1 saturated heterocycles. The summed E-state index contributed by atoms with van der Waals surface area (Å²) in [5.41, 5.74) is 2.45. The lowest BCUT2D eigenvalue weighted by atomic mass is 10.0. The Kier molecular flexibility index (Phi) is 5.81. The molecule has 0 aromatic heterocycles. The third kappa shape index (κ3) is 4.23. The molecule has 0 spiro atoms. The van der Waals surface area contributed by atoms with Crippen molar-refractivity contribution in [1.82, 2.24) is 9.80 Å². The van der Waals surface area contributed by atoms with Crippen LogP contribution in [0.3, 0.4) is 0 Å². The minimum absolute atomic E-state index is 0.162. The number of hydrogen-bond donors (Lipinski definition) is 0. The van der Waals surface area contributed by atoms with Gasteiger partial charge < -0.3 is 14.5 Å². The Hall–Kier alpha value is -2.04. The van der Waals surface area contributed by atoms with E-state index in [1.54, 1.807) is 4.90 Å². The number of nitrogens with zero attached hydrogens (tertiary/aromatic N) is 2. The second-order valence-corrected chi connectivity index (χ2v) is 5.62. The number of benzene rings is 1. The molecular formula is C17H24N2O3. The minimum atomic E-state index is -0.311. The smallest absolute Gasteiger partial charge is 0.409 e. The topological polar surface area (TPSA) is 49.9 Å². The van der Waals surface area contributed by atoms with Gasteiger partial charge in [-0.15, -0.1) is 0 Å². The standard InChI is InChI=1S/C17H24N2O3/c1-14-6-3-4-7-15(14)8-9-16(20)18-10-5-11-19(13-12-18)17(21)22-2/h3-4,6-7H,5,8-13H2,1-2H3. The average molecular weight is 304 g/mol. The summed E-state index contributed by atoms with van der Waals surface area (Å²) in [7, 11) is 1.39. The summed E-state index contributed by atoms with van der Waals surface area (Å²) in [6, 6.07) is 8.16. The first kappa shape index (κ1) is 16.3. The molecule has 1 aliphatic rings. The fourth-order valence-corrected chi connectivity index (χ4v) is 2.77. The Balaban J connectivity index is 1.85. The minimum Gasteiger partial charge on any atom is -0.453 e. The zero-order chi connectivity index (χ0) is 15.9. The van der Waals surface area contributed by atoms with E-state index >= 15 is 0 Å². The number of carbonyl (C=O) groups excluding carboxylic acids is 2. The van der Waals surface area contributed by atoms with Crippen LogP contribution in [-0.2, 0) is 16.0 Å². The molecule has 1 fully saturated rings. The highest BCUT2D eigenvalue weighted by atomic mass is 16.5. The zero-order valence-corrected chi connectivity index (χ0v) is 13.4. The molecule has 5 nitrogen and oxygen atoms in total. The summed E-state index contributed by atoms with van der Waals surface area (Å²) < 4.78 is 4.74. The molecule has 2 amide bonds. The number of methoxy groups -OCH3 is 1. The molecule has 120 valence electrons. The maximum Gasteiger partial charge on any atom is 0.409 e. The van der Waals surface area contributed by atoms with E-state index < -0.39 is 0 Å². The summed E-state index contributed by atoms with van der Waals surface area (Å²) in [5, 5.41) is 0. The molecule has 0 bridgehead atoms. The molecule has 0 unspecified atom stereocenters. The van der Waals surface area contributed by atoms with Crippen LogP contribution in [0.1, 0.15) is 24.0 Å². The van der Waals surface area contributed by atoms with E-state index in [2.05, 4.69) is 19.1 Å². The number of ether oxygens (including phenoxy) is 1. The first-order valence-electron chi connectivity index (χ1n) is 7.77. The monoisotopic (exact) mass is 304 g/mol. The number of carbonyl (C=O) groups is 2. The lowest BCUT2D eigenvalue weighted by Crippen LogP contribution is -2.37. The van der Waals surface area contributed by atoms with Gasteiger partial charge in [0, 0.05) is 32.6 Å². The molecule has 0 atom stereocenters. The molecule has 22 heavy (non-hydrogen) atoms. The maximum atomic E-state index is 12.4. The summed E-state index contributed by atoms with van der Waals surface area (Å²) in [4.78, 5) is 27.4. The van der Waals surface area contributed by atoms with Crippen molar-refractivity contribution in [3.63, 3.8) is 0 Å². The lowest BCUT2D eigenvalue weighted by Gasteiger charge is -2.21. The molecule has 5 heteroatoms. The van der Waals surface area contributed by atoms with Crippen molar-refractivity contribution in [2.24, 2.45) is 0 Å². The Morgan fingerprint density at radius 2 is 1.77 bits per heavy atom. The van der Waals surface area contributed by atoms with Crippen molar-refractivity contribution in [2.45, 2.75) is 26.2 Å². The van der Waals surface area contributed by atoms with Crippen molar-refractivity contribution in [2.75, 3.05) is 33.3 Å². The van der Waals surface area contributed by atoms with Crippen LogP contribution in [0.15, 0.2) is 24.3 Å². The predicted octanol–water partition coefficient (Wildman–Crippen LogP) is 2.23. The fourth-order valence-electron chi connectivity index (χ4n) is 2.77. The zero-order valence-electron chi connectivity index (χ0n) is 13.4. The van der Waals surface area contributed by atoms with Gasteiger partial charge in [0.25, 0.3) is 0 Å². The van der Waals surface area contributed by atoms with Gasteiger partial charge in [-0.2, -0.15) is 0 Å². The highest BCUT2D eigenvalue weighted by molar-refractivity contribution is 5.76. The highest BCUT2D eigenvalue weighted by Crippen LogP contribution is 2.12. The van der Waals surface area contributed by atoms with Gasteiger partial charge in [-0.05, 0) is 30.9 Å². The molecule has 0 radical (unpaired) electrons. The third-order valence-corrected chi connectivity index (χ3v) is 4.15. The molecule has 1 aliphatic heterocycles. The number of hydrogen-bond acceptors (Lipinski definition) is 3. The Morgan fingerprint density at radius 3 is 2.50 bits per heavy atom. The summed E-state index contributed by atoms with van der Waals surface area (Å²) in [5.74, 6) is 0.162. The Labute approximate surface area is 131 Å². The maximum absolute atomic E-state index is 12.4. The van der Waals surface area contributed by atoms with Crippen molar-refractivity contribution in [3.8, 4) is 0 Å². The Bertz CT molecular complexity index is 530. The molecule has 1 aromatic rings. The van der Waals surface area contributed by atoms with Gasteiger partial charge in [0.05, 0.1) is 7.11 Å². The number of amides is 2. The molecule has 1 heterocycles. The van der Waals surface area contributed by atoms with Crippen LogP contribution in [0.2, 0.25) is 0 Å². The van der Waals surface area contributed by atoms with Gasteiger partial charge >= 0.3 is 6.09 Å². The van der Waals surface area contributed by atoms with Gasteiger partial charge in [-0.25, -0.2) is 4.79 Å². The quantitative estimate of drug-likeness (QED) is 0.860. The van der Waals surface area contributed by atoms with Crippen molar-refractivity contribution in [3.05, 3.63) is 35.4 Å². The van der Waals surface area contributed by atoms with E-state index in [1.165, 1.54) is 18.2 Å². The molecular weight excluding hydrogens is 280 g/mol. The van der Waals surface area contributed by atoms with E-state index in [4.69, 9.17) is 4.74 Å². The SMILES string of the molecule is COC(=O)N1CCCN(C(=O)CCc2ccccc2C)CC1. The number of rotatable bonds is 3. The van der Waals surface area contributed by atoms with Crippen LogP contribution in [0.25, 0.3) is 0 Å². The molecule has 0 N–H and O–H groups in total. The lowest BCUT2D eigenvalue weighted by molar-refractivity contribution is -0.131. The fraction of sp³-hybridized carbons (Fsp3) is 0.529. The molecule has 0 aliphatic carbocycles. The summed E-state index contributed by atoms with van der Waals surface area (Å²) in [6.45, 7) is 4.55. The van der Waals surface area contributed by atoms with Gasteiger partial charge in [0.15, 0.2) is 0 Å². The summed E-state index contributed by atoms with van der Waals surface area (Å²) in [6.07, 6.45) is 1.77. The molecule has 2 rings (SSSR count). The van der Waals surface area contributed by atoms with Crippen LogP contribution < -0.4 is 0 Å². The van der Waals surface area contributed by atoms with E-state index in [9.17, 15) is 9.59 Å². The average Bonchev–Trinajstić information content (AvgIpc) is 2.79. The van der Waals surface area contributed by atoms with E-state index in [0.717, 1.165) is 12.8 Å². The predicted molar refractivity (Wildman–Crippen MR) is 84.7 cm³/mol. The van der Waals surface area contributed by atoms with Crippen LogP contribution >= 0.6 is 0 Å². The van der Waals surface area contributed by atoms with Crippen molar-refractivity contribution < 1.29 is 14.3 Å². The largest absolute Gasteiger partial charge is 0.453 e. The van der Waals surface area contributed by atoms with E-state index in [0.29, 0.717) is 32.6 Å². The van der Waals surface area contributed by atoms with Crippen molar-refractivity contribution in [1.29, 1.82) is 0 Å². The van der Waals surface area contributed by atoms with Crippen LogP contribution in [0, 0.1) is 6.92 Å². The normalized spacial score (nSPS) is 15.4. The van der Waals surface area contributed by atoms with E-state index in [-0.39, 0.29) is 12.0 Å². The second-order valence-electron chi connectivity index (χ2n) is 5.62. The van der Waals surface area contributed by atoms with Crippen LogP contribution in [0.5, 0.6) is 0 Å². The van der Waals surface area contributed by atoms with Crippen LogP contribution in [0.4, 0.5) is 4.79 Å². The first-order valence-corrected chi connectivity index (χ1v) is 7.77. The van der Waals surface area contributed by atoms with Gasteiger partial charge in [0.2, 0.25) is 5.91 Å². The number of aryl methyl sites for hydroxylation is 2. The van der Waals surface area contributed by atoms with E-state index in [1.807, 2.05) is 17.0 Å². The van der Waals surface area contributed by atoms with Crippen molar-refractivity contribution >= 4 is 12.0 Å². The van der Waals surface area contributed by atoms with Gasteiger partial charge in [-0.3, -0.25) is 4.79 Å². The van der Waals surface area contributed by atoms with Gasteiger partial charge in [-0.1, -0.05) is 24.3 Å². The summed E-state index contributed by atoms with van der Waals surface area (Å²) >= 11 is 0. The second kappa shape index (κ2) is 7.82. The highest BCUT2D eigenvalue weighted by Gasteiger charge is 2.22. The Morgan fingerprint density at radius 1 is 1.09 bits per heavy atom. The molecule has 1 aromatic carbocycles. The van der Waals surface area contributed by atoms with Gasteiger partial charge in [0.1, 0.15) is 0 Å². The van der Waals surface area contributed by atoms with Crippen LogP contribution in [-0.4, -0.2) is 55.1 Å². The molecule has 0 saturated carbocycles. The third-order valence-electron chi connectivity index (χ3n) is 4.15.